The average molecular weight is 373 g/mol. The predicted molar refractivity (Wildman–Crippen MR) is 97.5 cm³/mol. The van der Waals surface area contributed by atoms with Crippen LogP contribution in [0.3, 0.4) is 0 Å². The first-order valence-electron chi connectivity index (χ1n) is 8.90. The van der Waals surface area contributed by atoms with Crippen molar-refractivity contribution in [3.8, 4) is 0 Å². The lowest BCUT2D eigenvalue weighted by atomic mass is 10.2. The number of pyridine rings is 1. The van der Waals surface area contributed by atoms with Crippen LogP contribution < -0.4 is 10.2 Å². The number of piperazine rings is 1. The van der Waals surface area contributed by atoms with Gasteiger partial charge < -0.3 is 24.4 Å². The summed E-state index contributed by atoms with van der Waals surface area (Å²) in [5, 5.41) is 6.63. The van der Waals surface area contributed by atoms with Gasteiger partial charge in [-0.05, 0) is 26.0 Å². The Morgan fingerprint density at radius 3 is 2.63 bits per heavy atom. The number of urea groups is 1. The number of carbonyl (C=O) groups is 2. The number of hydrogen-bond acceptors (Lipinski definition) is 7. The molecule has 2 aromatic heterocycles. The number of rotatable bonds is 5. The Morgan fingerprint density at radius 2 is 2.04 bits per heavy atom. The third-order valence-electron chi connectivity index (χ3n) is 4.24. The van der Waals surface area contributed by atoms with Crippen LogP contribution in [0.1, 0.15) is 28.7 Å². The van der Waals surface area contributed by atoms with E-state index in [4.69, 9.17) is 9.26 Å². The van der Waals surface area contributed by atoms with Crippen LogP contribution in [0.25, 0.3) is 0 Å². The molecule has 3 heterocycles. The molecule has 3 rings (SSSR count). The second-order valence-electron chi connectivity index (χ2n) is 6.19. The van der Waals surface area contributed by atoms with E-state index < -0.39 is 0 Å². The Morgan fingerprint density at radius 1 is 1.26 bits per heavy atom. The molecule has 2 amide bonds. The number of hydrogen-bond donors (Lipinski definition) is 1. The molecule has 1 saturated heterocycles. The Labute approximate surface area is 157 Å². The molecule has 0 atom stereocenters. The molecule has 9 nitrogen and oxygen atoms in total. The number of amides is 2. The quantitative estimate of drug-likeness (QED) is 0.794. The molecule has 1 aliphatic rings. The second kappa shape index (κ2) is 8.52. The normalized spacial score (nSPS) is 14.1. The Balaban J connectivity index is 1.48. The topological polar surface area (TPSA) is 101 Å². The second-order valence-corrected chi connectivity index (χ2v) is 6.19. The van der Waals surface area contributed by atoms with Crippen LogP contribution in [0.4, 0.5) is 10.6 Å². The first-order valence-corrected chi connectivity index (χ1v) is 8.90. The lowest BCUT2D eigenvalue weighted by Gasteiger charge is -2.35. The third-order valence-corrected chi connectivity index (χ3v) is 4.24. The number of nitrogens with zero attached hydrogens (tertiary/aromatic N) is 4. The highest BCUT2D eigenvalue weighted by molar-refractivity contribution is 5.89. The minimum absolute atomic E-state index is 0.130. The first-order chi connectivity index (χ1) is 13.1. The number of anilines is 1. The molecular weight excluding hydrogens is 350 g/mol. The van der Waals surface area contributed by atoms with Crippen molar-refractivity contribution in [1.29, 1.82) is 0 Å². The molecule has 27 heavy (non-hydrogen) atoms. The smallest absolute Gasteiger partial charge is 0.339 e. The predicted octanol–water partition coefficient (Wildman–Crippen LogP) is 1.59. The summed E-state index contributed by atoms with van der Waals surface area (Å²) in [6.45, 7) is 6.76. The number of nitrogens with one attached hydrogen (secondary N) is 1. The van der Waals surface area contributed by atoms with E-state index >= 15 is 0 Å². The summed E-state index contributed by atoms with van der Waals surface area (Å²) >= 11 is 0. The fourth-order valence-electron chi connectivity index (χ4n) is 2.82. The SMILES string of the molecule is CCOC(=O)c1ccc(N2CCN(C(=O)NCc3cc(C)no3)CC2)nc1. The number of esters is 1. The number of ether oxygens (including phenoxy) is 1. The fourth-order valence-corrected chi connectivity index (χ4v) is 2.82. The van der Waals surface area contributed by atoms with Gasteiger partial charge in [-0.3, -0.25) is 0 Å². The van der Waals surface area contributed by atoms with Gasteiger partial charge in [-0.2, -0.15) is 0 Å². The van der Waals surface area contributed by atoms with Gasteiger partial charge in [0.15, 0.2) is 5.76 Å². The van der Waals surface area contributed by atoms with Gasteiger partial charge in [0.05, 0.1) is 24.4 Å². The van der Waals surface area contributed by atoms with Gasteiger partial charge in [-0.25, -0.2) is 14.6 Å². The maximum atomic E-state index is 12.3. The summed E-state index contributed by atoms with van der Waals surface area (Å²) in [7, 11) is 0. The maximum Gasteiger partial charge on any atom is 0.339 e. The van der Waals surface area contributed by atoms with Crippen molar-refractivity contribution < 1.29 is 18.8 Å². The molecule has 1 N–H and O–H groups in total. The molecule has 0 unspecified atom stereocenters. The Hall–Kier alpha value is -3.10. The van der Waals surface area contributed by atoms with Gasteiger partial charge >= 0.3 is 12.0 Å². The molecular formula is C18H23N5O4. The highest BCUT2D eigenvalue weighted by Crippen LogP contribution is 2.15. The molecule has 0 aliphatic carbocycles. The van der Waals surface area contributed by atoms with Gasteiger partial charge in [-0.1, -0.05) is 5.16 Å². The van der Waals surface area contributed by atoms with Crippen LogP contribution in [0.5, 0.6) is 0 Å². The molecule has 144 valence electrons. The summed E-state index contributed by atoms with van der Waals surface area (Å²) in [4.78, 5) is 32.1. The third kappa shape index (κ3) is 4.75. The largest absolute Gasteiger partial charge is 0.462 e. The molecule has 1 fully saturated rings. The molecule has 0 saturated carbocycles. The number of carbonyl (C=O) groups excluding carboxylic acids is 2. The summed E-state index contributed by atoms with van der Waals surface area (Å²) in [6.07, 6.45) is 1.52. The molecule has 0 bridgehead atoms. The van der Waals surface area contributed by atoms with Gasteiger partial charge in [0, 0.05) is 38.4 Å². The molecule has 2 aromatic rings. The molecule has 1 aliphatic heterocycles. The molecule has 0 aromatic carbocycles. The van der Waals surface area contributed by atoms with E-state index in [1.807, 2.05) is 6.92 Å². The van der Waals surface area contributed by atoms with Gasteiger partial charge in [0.25, 0.3) is 0 Å². The standard InChI is InChI=1S/C18H23N5O4/c1-3-26-17(24)14-4-5-16(19-11-14)22-6-8-23(9-7-22)18(25)20-12-15-10-13(2)21-27-15/h4-5,10-11H,3,6-9,12H2,1-2H3,(H,20,25). The van der Waals surface area contributed by atoms with Crippen LogP contribution in [0.15, 0.2) is 28.9 Å². The minimum Gasteiger partial charge on any atom is -0.462 e. The fraction of sp³-hybridized carbons (Fsp3) is 0.444. The molecule has 9 heteroatoms. The monoisotopic (exact) mass is 373 g/mol. The van der Waals surface area contributed by atoms with E-state index in [0.717, 1.165) is 11.5 Å². The summed E-state index contributed by atoms with van der Waals surface area (Å²) in [5.74, 6) is 1.03. The van der Waals surface area contributed by atoms with Crippen molar-refractivity contribution in [3.63, 3.8) is 0 Å². The van der Waals surface area contributed by atoms with Gasteiger partial charge in [0.2, 0.25) is 0 Å². The van der Waals surface area contributed by atoms with Crippen molar-refractivity contribution >= 4 is 17.8 Å². The minimum atomic E-state index is -0.375. The maximum absolute atomic E-state index is 12.3. The van der Waals surface area contributed by atoms with Crippen LogP contribution in [0, 0.1) is 6.92 Å². The van der Waals surface area contributed by atoms with E-state index in [-0.39, 0.29) is 12.0 Å². The number of aryl methyl sites for hydroxylation is 1. The zero-order valence-electron chi connectivity index (χ0n) is 15.5. The summed E-state index contributed by atoms with van der Waals surface area (Å²) in [5.41, 5.74) is 1.22. The lowest BCUT2D eigenvalue weighted by Crippen LogP contribution is -2.51. The van der Waals surface area contributed by atoms with E-state index in [0.29, 0.717) is 50.7 Å². The van der Waals surface area contributed by atoms with E-state index in [9.17, 15) is 9.59 Å². The van der Waals surface area contributed by atoms with Crippen LogP contribution in [0.2, 0.25) is 0 Å². The van der Waals surface area contributed by atoms with Gasteiger partial charge in [-0.15, -0.1) is 0 Å². The zero-order chi connectivity index (χ0) is 19.2. The van der Waals surface area contributed by atoms with E-state index in [1.54, 1.807) is 30.0 Å². The van der Waals surface area contributed by atoms with E-state index in [2.05, 4.69) is 20.4 Å². The first kappa shape index (κ1) is 18.7. The number of aromatic nitrogens is 2. The van der Waals surface area contributed by atoms with E-state index in [1.165, 1.54) is 6.20 Å². The van der Waals surface area contributed by atoms with Crippen molar-refractivity contribution in [2.45, 2.75) is 20.4 Å². The van der Waals surface area contributed by atoms with Crippen LogP contribution >= 0.6 is 0 Å². The van der Waals surface area contributed by atoms with Crippen molar-refractivity contribution in [2.24, 2.45) is 0 Å². The van der Waals surface area contributed by atoms with Gasteiger partial charge in [0.1, 0.15) is 5.82 Å². The Bertz CT molecular complexity index is 781. The molecule has 0 spiro atoms. The molecule has 0 radical (unpaired) electrons. The average Bonchev–Trinajstić information content (AvgIpc) is 3.12. The summed E-state index contributed by atoms with van der Waals surface area (Å²) < 4.78 is 10.0. The highest BCUT2D eigenvalue weighted by atomic mass is 16.5. The zero-order valence-corrected chi connectivity index (χ0v) is 15.5. The van der Waals surface area contributed by atoms with Crippen molar-refractivity contribution in [3.05, 3.63) is 41.4 Å². The van der Waals surface area contributed by atoms with Crippen LogP contribution in [-0.2, 0) is 11.3 Å². The highest BCUT2D eigenvalue weighted by Gasteiger charge is 2.22. The van der Waals surface area contributed by atoms with Crippen molar-refractivity contribution in [1.82, 2.24) is 20.4 Å². The lowest BCUT2D eigenvalue weighted by molar-refractivity contribution is 0.0526. The Kier molecular flexibility index (Phi) is 5.90. The summed E-state index contributed by atoms with van der Waals surface area (Å²) in [6, 6.07) is 5.17. The van der Waals surface area contributed by atoms with Crippen molar-refractivity contribution in [2.75, 3.05) is 37.7 Å². The van der Waals surface area contributed by atoms with Crippen LogP contribution in [-0.4, -0.2) is 59.8 Å².